The van der Waals surface area contributed by atoms with Gasteiger partial charge >= 0.3 is 0 Å². The summed E-state index contributed by atoms with van der Waals surface area (Å²) >= 11 is 0. The Morgan fingerprint density at radius 2 is 1.68 bits per heavy atom. The number of hydrogen-bond acceptors (Lipinski definition) is 6. The maximum absolute atomic E-state index is 11.6. The molecule has 0 spiro atoms. The van der Waals surface area contributed by atoms with Crippen molar-refractivity contribution in [1.29, 1.82) is 0 Å². The molecule has 0 bridgehead atoms. The first-order valence-corrected chi connectivity index (χ1v) is 12.5. The van der Waals surface area contributed by atoms with Crippen molar-refractivity contribution in [3.8, 4) is 28.2 Å². The van der Waals surface area contributed by atoms with Gasteiger partial charge < -0.3 is 0 Å². The van der Waals surface area contributed by atoms with Crippen LogP contribution in [0.25, 0.3) is 39.2 Å². The summed E-state index contributed by atoms with van der Waals surface area (Å²) in [7, 11) is 0. The number of aryl methyl sites for hydroxylation is 1. The van der Waals surface area contributed by atoms with E-state index in [-0.39, 0.29) is 5.91 Å². The van der Waals surface area contributed by atoms with Crippen LogP contribution in [0.1, 0.15) is 48.6 Å². The Morgan fingerprint density at radius 1 is 0.892 bits per heavy atom. The number of para-hydroxylation sites is 1. The number of rotatable bonds is 5. The Bertz CT molecular complexity index is 1700. The zero-order valence-electron chi connectivity index (χ0n) is 20.3. The summed E-state index contributed by atoms with van der Waals surface area (Å²) < 4.78 is 2.32. The lowest BCUT2D eigenvalue weighted by molar-refractivity contribution is -0.121. The van der Waals surface area contributed by atoms with Gasteiger partial charge in [-0.25, -0.2) is 10.4 Å². The van der Waals surface area contributed by atoms with Crippen LogP contribution in [-0.4, -0.2) is 41.8 Å². The van der Waals surface area contributed by atoms with Gasteiger partial charge in [0.1, 0.15) is 5.82 Å². The number of aromatic nitrogens is 6. The van der Waals surface area contributed by atoms with Crippen LogP contribution in [0.2, 0.25) is 0 Å². The largest absolute Gasteiger partial charge is 0.295 e. The molecule has 0 saturated heterocycles. The molecule has 2 aliphatic rings. The first-order valence-electron chi connectivity index (χ1n) is 12.5. The predicted molar refractivity (Wildman–Crippen MR) is 140 cm³/mol. The van der Waals surface area contributed by atoms with Gasteiger partial charge in [0.05, 0.1) is 22.4 Å². The molecule has 182 valence electrons. The minimum atomic E-state index is -0.0412. The summed E-state index contributed by atoms with van der Waals surface area (Å²) in [5, 5.41) is 19.1. The zero-order chi connectivity index (χ0) is 24.9. The molecule has 0 unspecified atom stereocenters. The van der Waals surface area contributed by atoms with E-state index in [0.29, 0.717) is 24.6 Å². The van der Waals surface area contributed by atoms with E-state index in [1.807, 2.05) is 18.2 Å². The van der Waals surface area contributed by atoms with Crippen LogP contribution in [0, 0.1) is 6.92 Å². The van der Waals surface area contributed by atoms with Crippen LogP contribution in [-0.2, 0) is 4.79 Å². The second-order valence-electron chi connectivity index (χ2n) is 9.58. The number of tetrazole rings is 1. The Hall–Kier alpha value is -4.66. The van der Waals surface area contributed by atoms with Crippen molar-refractivity contribution in [2.75, 3.05) is 0 Å². The van der Waals surface area contributed by atoms with Crippen molar-refractivity contribution >= 4 is 22.7 Å². The van der Waals surface area contributed by atoms with Gasteiger partial charge in [0.25, 0.3) is 0 Å². The smallest absolute Gasteiger partial charge is 0.240 e. The standard InChI is InChI=1S/C28H24N8O/c1-16-18(22-13-15-25(37)31-30-22)12-14-24-26(16)29-28(17-10-11-17)36(24)23-9-5-4-7-20(23)19-6-2-3-8-21(19)27-32-34-35-33-27/h2-9,12,14,17H,10-11,13,15H2,1H3,(H,31,37)(H,32,33,34,35). The number of carbonyl (C=O) groups excluding carboxylic acids is 1. The lowest BCUT2D eigenvalue weighted by atomic mass is 9.97. The molecular formula is C28H24N8O. The van der Waals surface area contributed by atoms with E-state index in [9.17, 15) is 4.79 Å². The van der Waals surface area contributed by atoms with E-state index in [1.54, 1.807) is 0 Å². The van der Waals surface area contributed by atoms with Crippen molar-refractivity contribution in [2.24, 2.45) is 5.10 Å². The molecule has 3 heterocycles. The van der Waals surface area contributed by atoms with Crippen LogP contribution in [0.4, 0.5) is 0 Å². The number of benzene rings is 3. The summed E-state index contributed by atoms with van der Waals surface area (Å²) in [6.45, 7) is 2.10. The third-order valence-electron chi connectivity index (χ3n) is 7.21. The molecule has 2 aromatic heterocycles. The van der Waals surface area contributed by atoms with Crippen molar-refractivity contribution in [1.82, 2.24) is 35.6 Å². The highest BCUT2D eigenvalue weighted by Gasteiger charge is 2.32. The minimum absolute atomic E-state index is 0.0412. The average molecular weight is 489 g/mol. The monoisotopic (exact) mass is 488 g/mol. The Morgan fingerprint density at radius 3 is 2.41 bits per heavy atom. The van der Waals surface area contributed by atoms with Gasteiger partial charge in [-0.1, -0.05) is 48.5 Å². The van der Waals surface area contributed by atoms with E-state index in [1.165, 1.54) is 0 Å². The molecule has 7 rings (SSSR count). The van der Waals surface area contributed by atoms with Crippen LogP contribution >= 0.6 is 0 Å². The maximum Gasteiger partial charge on any atom is 0.240 e. The fourth-order valence-electron chi connectivity index (χ4n) is 5.23. The number of hydrazone groups is 1. The number of amides is 1. The first-order chi connectivity index (χ1) is 18.2. The van der Waals surface area contributed by atoms with Crippen molar-refractivity contribution in [3.05, 3.63) is 77.6 Å². The third-order valence-corrected chi connectivity index (χ3v) is 7.21. The quantitative estimate of drug-likeness (QED) is 0.373. The molecule has 1 fully saturated rings. The Kier molecular flexibility index (Phi) is 4.95. The SMILES string of the molecule is Cc1c(C2=NNC(=O)CC2)ccc2c1nc(C1CC1)n2-c1ccccc1-c1ccccc1-c1nn[nH]n1. The summed E-state index contributed by atoms with van der Waals surface area (Å²) in [6.07, 6.45) is 3.35. The van der Waals surface area contributed by atoms with Gasteiger partial charge in [-0.15, -0.1) is 10.2 Å². The molecule has 1 saturated carbocycles. The van der Waals surface area contributed by atoms with Crippen molar-refractivity contribution in [2.45, 2.75) is 38.5 Å². The zero-order valence-corrected chi connectivity index (χ0v) is 20.3. The minimum Gasteiger partial charge on any atom is -0.295 e. The van der Waals surface area contributed by atoms with Gasteiger partial charge in [-0.05, 0) is 48.2 Å². The van der Waals surface area contributed by atoms with Gasteiger partial charge in [-0.2, -0.15) is 10.3 Å². The van der Waals surface area contributed by atoms with E-state index in [2.05, 4.69) is 85.1 Å². The fourth-order valence-corrected chi connectivity index (χ4v) is 5.23. The van der Waals surface area contributed by atoms with E-state index < -0.39 is 0 Å². The number of carbonyl (C=O) groups is 1. The molecule has 1 aliphatic carbocycles. The third kappa shape index (κ3) is 3.62. The predicted octanol–water partition coefficient (Wildman–Crippen LogP) is 4.67. The lowest BCUT2D eigenvalue weighted by Gasteiger charge is -2.17. The second-order valence-corrected chi connectivity index (χ2v) is 9.58. The van der Waals surface area contributed by atoms with Gasteiger partial charge in [0.15, 0.2) is 0 Å². The summed E-state index contributed by atoms with van der Waals surface area (Å²) in [4.78, 5) is 16.8. The van der Waals surface area contributed by atoms with Crippen molar-refractivity contribution in [3.63, 3.8) is 0 Å². The number of fused-ring (bicyclic) bond motifs is 1. The Labute approximate surface area is 212 Å². The number of nitrogens with zero attached hydrogens (tertiary/aromatic N) is 6. The topological polar surface area (TPSA) is 114 Å². The Balaban J connectivity index is 1.44. The number of H-pyrrole nitrogens is 1. The molecule has 2 N–H and O–H groups in total. The summed E-state index contributed by atoms with van der Waals surface area (Å²) in [5.41, 5.74) is 11.8. The fraction of sp³-hybridized carbons (Fsp3) is 0.214. The lowest BCUT2D eigenvalue weighted by Crippen LogP contribution is -2.26. The molecular weight excluding hydrogens is 464 g/mol. The normalized spacial score (nSPS) is 15.6. The summed E-state index contributed by atoms with van der Waals surface area (Å²) in [5.74, 6) is 2.03. The summed E-state index contributed by atoms with van der Waals surface area (Å²) in [6, 6.07) is 20.8. The molecule has 1 amide bonds. The number of aromatic amines is 1. The molecule has 37 heavy (non-hydrogen) atoms. The second kappa shape index (κ2) is 8.48. The van der Waals surface area contributed by atoms with Crippen LogP contribution < -0.4 is 5.43 Å². The first kappa shape index (κ1) is 21.6. The molecule has 5 aromatic rings. The average Bonchev–Trinajstić information content (AvgIpc) is 3.48. The molecule has 0 radical (unpaired) electrons. The number of imidazole rings is 1. The molecule has 9 heteroatoms. The molecule has 1 aliphatic heterocycles. The van der Waals surface area contributed by atoms with Gasteiger partial charge in [0.2, 0.25) is 11.7 Å². The van der Waals surface area contributed by atoms with E-state index in [0.717, 1.165) is 68.9 Å². The van der Waals surface area contributed by atoms with Gasteiger partial charge in [-0.3, -0.25) is 9.36 Å². The van der Waals surface area contributed by atoms with E-state index >= 15 is 0 Å². The van der Waals surface area contributed by atoms with E-state index in [4.69, 9.17) is 4.98 Å². The maximum atomic E-state index is 11.6. The van der Waals surface area contributed by atoms with Crippen molar-refractivity contribution < 1.29 is 4.79 Å². The highest BCUT2D eigenvalue weighted by atomic mass is 16.2. The van der Waals surface area contributed by atoms with Crippen LogP contribution in [0.3, 0.4) is 0 Å². The molecule has 3 aromatic carbocycles. The van der Waals surface area contributed by atoms with Crippen LogP contribution in [0.5, 0.6) is 0 Å². The highest BCUT2D eigenvalue weighted by Crippen LogP contribution is 2.44. The highest BCUT2D eigenvalue weighted by molar-refractivity contribution is 6.07. The number of nitrogens with one attached hydrogen (secondary N) is 2. The number of hydrogen-bond donors (Lipinski definition) is 2. The molecule has 9 nitrogen and oxygen atoms in total. The van der Waals surface area contributed by atoms with Crippen LogP contribution in [0.15, 0.2) is 65.8 Å². The molecule has 0 atom stereocenters. The van der Waals surface area contributed by atoms with Gasteiger partial charge in [0, 0.05) is 35.4 Å².